The molecule has 4 heteroatoms. The molecule has 0 radical (unpaired) electrons. The molecule has 1 unspecified atom stereocenters. The van der Waals surface area contributed by atoms with Gasteiger partial charge in [0.05, 0.1) is 4.92 Å². The molecule has 4 nitrogen and oxygen atoms in total. The van der Waals surface area contributed by atoms with Crippen molar-refractivity contribution in [2.45, 2.75) is 26.5 Å². The Morgan fingerprint density at radius 1 is 1.67 bits per heavy atom. The molecular weight excluding hydrogens is 122 g/mol. The predicted molar refractivity (Wildman–Crippen MR) is 32.5 cm³/mol. The lowest BCUT2D eigenvalue weighted by Crippen LogP contribution is -2.20. The minimum absolute atomic E-state index is 0.172. The summed E-state index contributed by atoms with van der Waals surface area (Å²) in [5.74, 6) is 0.172. The number of aliphatic hydroxyl groups excluding tert-OH is 1. The zero-order valence-corrected chi connectivity index (χ0v) is 5.57. The van der Waals surface area contributed by atoms with Crippen LogP contribution in [0.3, 0.4) is 0 Å². The first-order valence-electron chi connectivity index (χ1n) is 2.85. The van der Waals surface area contributed by atoms with E-state index in [0.29, 0.717) is 0 Å². The van der Waals surface area contributed by atoms with Crippen LogP contribution in [0.2, 0.25) is 0 Å². The Balaban J connectivity index is 3.50. The average Bonchev–Trinajstić information content (AvgIpc) is 1.63. The molecule has 0 saturated carbocycles. The van der Waals surface area contributed by atoms with Gasteiger partial charge in [-0.05, 0) is 5.92 Å². The molecule has 9 heavy (non-hydrogen) atoms. The van der Waals surface area contributed by atoms with Crippen LogP contribution in [0.4, 0.5) is 0 Å². The van der Waals surface area contributed by atoms with E-state index < -0.39 is 11.2 Å². The lowest BCUT2D eigenvalue weighted by Gasteiger charge is -2.03. The largest absolute Gasteiger partial charge is 0.333 e. The van der Waals surface area contributed by atoms with Gasteiger partial charge in [0.25, 0.3) is 0 Å². The van der Waals surface area contributed by atoms with E-state index in [1.807, 2.05) is 13.8 Å². The van der Waals surface area contributed by atoms with Crippen LogP contribution in [-0.4, -0.2) is 16.3 Å². The van der Waals surface area contributed by atoms with Crippen molar-refractivity contribution in [1.82, 2.24) is 0 Å². The molecule has 1 N–H and O–H groups in total. The highest BCUT2D eigenvalue weighted by Gasteiger charge is 2.15. The highest BCUT2D eigenvalue weighted by molar-refractivity contribution is 4.45. The van der Waals surface area contributed by atoms with Crippen molar-refractivity contribution in [2.24, 2.45) is 5.92 Å². The third-order valence-corrected chi connectivity index (χ3v) is 0.926. The fraction of sp³-hybridized carbons (Fsp3) is 1.00. The maximum Gasteiger partial charge on any atom is 0.313 e. The van der Waals surface area contributed by atoms with Crippen LogP contribution in [0.1, 0.15) is 20.3 Å². The van der Waals surface area contributed by atoms with Gasteiger partial charge in [-0.15, -0.1) is 0 Å². The molecule has 54 valence electrons. The summed E-state index contributed by atoms with van der Waals surface area (Å²) in [6, 6.07) is 0. The SMILES string of the molecule is CC(C)CC(O)[N+](=O)[O-]. The van der Waals surface area contributed by atoms with E-state index in [1.165, 1.54) is 0 Å². The van der Waals surface area contributed by atoms with E-state index in [2.05, 4.69) is 0 Å². The van der Waals surface area contributed by atoms with Crippen LogP contribution in [0, 0.1) is 16.0 Å². The van der Waals surface area contributed by atoms with Crippen LogP contribution in [0.15, 0.2) is 0 Å². The molecule has 0 saturated heterocycles. The number of rotatable bonds is 3. The standard InChI is InChI=1S/C5H11NO3/c1-4(2)3-5(7)6(8)9/h4-5,7H,3H2,1-2H3. The van der Waals surface area contributed by atoms with Gasteiger partial charge < -0.3 is 5.11 Å². The number of hydrogen-bond donors (Lipinski definition) is 1. The summed E-state index contributed by atoms with van der Waals surface area (Å²) in [6.45, 7) is 3.65. The minimum Gasteiger partial charge on any atom is -0.333 e. The van der Waals surface area contributed by atoms with Crippen LogP contribution in [0.25, 0.3) is 0 Å². The molecule has 0 rings (SSSR count). The quantitative estimate of drug-likeness (QED) is 0.349. The maximum absolute atomic E-state index is 9.79. The highest BCUT2D eigenvalue weighted by Crippen LogP contribution is 2.03. The second-order valence-electron chi connectivity index (χ2n) is 2.40. The molecule has 0 aliphatic rings. The summed E-state index contributed by atoms with van der Waals surface area (Å²) in [4.78, 5) is 9.11. The van der Waals surface area contributed by atoms with Crippen LogP contribution in [0.5, 0.6) is 0 Å². The minimum atomic E-state index is -1.38. The molecule has 0 aromatic heterocycles. The van der Waals surface area contributed by atoms with Crippen LogP contribution in [-0.2, 0) is 0 Å². The van der Waals surface area contributed by atoms with E-state index in [1.54, 1.807) is 0 Å². The molecule has 1 atom stereocenters. The lowest BCUT2D eigenvalue weighted by atomic mass is 10.1. The predicted octanol–water partition coefficient (Wildman–Crippen LogP) is 0.628. The van der Waals surface area contributed by atoms with Crippen molar-refractivity contribution in [3.05, 3.63) is 10.1 Å². The number of nitrogens with zero attached hydrogens (tertiary/aromatic N) is 1. The third-order valence-electron chi connectivity index (χ3n) is 0.926. The number of nitro groups is 1. The van der Waals surface area contributed by atoms with E-state index >= 15 is 0 Å². The van der Waals surface area contributed by atoms with E-state index in [-0.39, 0.29) is 12.3 Å². The van der Waals surface area contributed by atoms with Gasteiger partial charge in [-0.3, -0.25) is 10.1 Å². The average molecular weight is 133 g/mol. The second kappa shape index (κ2) is 3.40. The molecule has 0 aromatic rings. The molecule has 0 aliphatic carbocycles. The van der Waals surface area contributed by atoms with Crippen molar-refractivity contribution in [1.29, 1.82) is 0 Å². The van der Waals surface area contributed by atoms with Gasteiger partial charge >= 0.3 is 6.23 Å². The first-order chi connectivity index (χ1) is 4.04. The zero-order valence-electron chi connectivity index (χ0n) is 5.57. The molecule has 0 aromatic carbocycles. The first kappa shape index (κ1) is 8.36. The second-order valence-corrected chi connectivity index (χ2v) is 2.40. The summed E-state index contributed by atoms with van der Waals surface area (Å²) in [5, 5.41) is 18.4. The normalized spacial score (nSPS) is 13.8. The van der Waals surface area contributed by atoms with Crippen molar-refractivity contribution < 1.29 is 10.0 Å². The monoisotopic (exact) mass is 133 g/mol. The van der Waals surface area contributed by atoms with Gasteiger partial charge in [-0.2, -0.15) is 0 Å². The fourth-order valence-electron chi connectivity index (χ4n) is 0.508. The molecule has 0 bridgehead atoms. The van der Waals surface area contributed by atoms with Crippen LogP contribution >= 0.6 is 0 Å². The Labute approximate surface area is 53.6 Å². The van der Waals surface area contributed by atoms with Crippen molar-refractivity contribution >= 4 is 0 Å². The van der Waals surface area contributed by atoms with Gasteiger partial charge in [0.2, 0.25) is 0 Å². The highest BCUT2D eigenvalue weighted by atomic mass is 16.7. The number of aliphatic hydroxyl groups is 1. The fourth-order valence-corrected chi connectivity index (χ4v) is 0.508. The van der Waals surface area contributed by atoms with Gasteiger partial charge in [0.15, 0.2) is 0 Å². The smallest absolute Gasteiger partial charge is 0.313 e. The summed E-state index contributed by atoms with van der Waals surface area (Å²) in [6.07, 6.45) is -1.16. The van der Waals surface area contributed by atoms with E-state index in [9.17, 15) is 10.1 Å². The summed E-state index contributed by atoms with van der Waals surface area (Å²) in [7, 11) is 0. The molecule has 0 spiro atoms. The van der Waals surface area contributed by atoms with Gasteiger partial charge in [-0.1, -0.05) is 13.8 Å². The van der Waals surface area contributed by atoms with Crippen LogP contribution < -0.4 is 0 Å². The Bertz CT molecular complexity index is 102. The topological polar surface area (TPSA) is 63.4 Å². The Morgan fingerprint density at radius 3 is 2.22 bits per heavy atom. The summed E-state index contributed by atoms with van der Waals surface area (Å²) < 4.78 is 0. The van der Waals surface area contributed by atoms with Crippen molar-refractivity contribution in [2.75, 3.05) is 0 Å². The zero-order chi connectivity index (χ0) is 7.44. The van der Waals surface area contributed by atoms with Crippen molar-refractivity contribution in [3.63, 3.8) is 0 Å². The Morgan fingerprint density at radius 2 is 2.11 bits per heavy atom. The third kappa shape index (κ3) is 3.90. The molecule has 0 heterocycles. The molecular formula is C5H11NO3. The van der Waals surface area contributed by atoms with Crippen molar-refractivity contribution in [3.8, 4) is 0 Å². The van der Waals surface area contributed by atoms with Gasteiger partial charge in [-0.25, -0.2) is 0 Å². The Hall–Kier alpha value is -0.640. The lowest BCUT2D eigenvalue weighted by molar-refractivity contribution is -0.572. The first-order valence-corrected chi connectivity index (χ1v) is 2.85. The van der Waals surface area contributed by atoms with E-state index in [0.717, 1.165) is 0 Å². The van der Waals surface area contributed by atoms with Gasteiger partial charge in [0.1, 0.15) is 0 Å². The summed E-state index contributed by atoms with van der Waals surface area (Å²) in [5.41, 5.74) is 0. The summed E-state index contributed by atoms with van der Waals surface area (Å²) >= 11 is 0. The molecule has 0 aliphatic heterocycles. The van der Waals surface area contributed by atoms with E-state index in [4.69, 9.17) is 5.11 Å². The van der Waals surface area contributed by atoms with Gasteiger partial charge in [0, 0.05) is 6.42 Å². The Kier molecular flexibility index (Phi) is 3.16. The molecule has 0 amide bonds. The maximum atomic E-state index is 9.79. The molecule has 0 fully saturated rings. The number of hydrogen-bond acceptors (Lipinski definition) is 3.